The summed E-state index contributed by atoms with van der Waals surface area (Å²) in [5, 5.41) is 60.6. The summed E-state index contributed by atoms with van der Waals surface area (Å²) in [5.41, 5.74) is 0.103. The molecule has 0 unspecified atom stereocenters. The van der Waals surface area contributed by atoms with Gasteiger partial charge in [-0.1, -0.05) is 24.3 Å². The molecule has 0 amide bonds. The molecule has 6 rings (SSSR count). The molecule has 1 aliphatic heterocycles. The van der Waals surface area contributed by atoms with Gasteiger partial charge in [-0.25, -0.2) is 9.59 Å². The predicted octanol–water partition coefficient (Wildman–Crippen LogP) is 4.72. The maximum absolute atomic E-state index is 14.0. The van der Waals surface area contributed by atoms with Crippen molar-refractivity contribution in [2.45, 2.75) is 37.6 Å². The molecule has 5 aromatic rings. The molecule has 1 fully saturated rings. The second kappa shape index (κ2) is 15.2. The van der Waals surface area contributed by atoms with E-state index in [4.69, 9.17) is 23.4 Å². The van der Waals surface area contributed by atoms with Crippen LogP contribution in [0.4, 0.5) is 0 Å². The van der Waals surface area contributed by atoms with Crippen molar-refractivity contribution in [3.63, 3.8) is 0 Å². The van der Waals surface area contributed by atoms with Crippen LogP contribution >= 0.6 is 0 Å². The van der Waals surface area contributed by atoms with Crippen LogP contribution in [0.3, 0.4) is 0 Å². The zero-order chi connectivity index (χ0) is 37.8. The molecule has 0 saturated carbocycles. The molecule has 5 atom stereocenters. The highest BCUT2D eigenvalue weighted by Gasteiger charge is 2.50. The second-order valence-electron chi connectivity index (χ2n) is 11.9. The van der Waals surface area contributed by atoms with Crippen LogP contribution in [0.15, 0.2) is 106 Å². The summed E-state index contributed by atoms with van der Waals surface area (Å²) >= 11 is 0. The Morgan fingerprint density at radius 3 is 1.75 bits per heavy atom. The molecule has 1 aliphatic rings. The quantitative estimate of drug-likeness (QED) is 0.0894. The predicted molar refractivity (Wildman–Crippen MR) is 188 cm³/mol. The van der Waals surface area contributed by atoms with E-state index in [-0.39, 0.29) is 39.5 Å². The largest absolute Gasteiger partial charge is 0.508 e. The summed E-state index contributed by atoms with van der Waals surface area (Å²) in [6.07, 6.45) is -3.00. The third-order valence-corrected chi connectivity index (χ3v) is 8.15. The Morgan fingerprint density at radius 2 is 1.21 bits per heavy atom. The summed E-state index contributed by atoms with van der Waals surface area (Å²) in [6, 6.07) is 19.2. The van der Waals surface area contributed by atoms with Gasteiger partial charge in [0.05, 0.1) is 6.10 Å². The number of carbonyl (C=O) groups is 2. The number of phenolic OH excluding ortho intramolecular Hbond substituents is 5. The maximum atomic E-state index is 14.0. The first-order chi connectivity index (χ1) is 25.4. The number of rotatable bonds is 9. The highest BCUT2D eigenvalue weighted by Crippen LogP contribution is 2.38. The van der Waals surface area contributed by atoms with Crippen molar-refractivity contribution in [1.29, 1.82) is 0 Å². The summed E-state index contributed by atoms with van der Waals surface area (Å²) in [4.78, 5) is 40.4. The van der Waals surface area contributed by atoms with Crippen molar-refractivity contribution in [3.05, 3.63) is 118 Å². The highest BCUT2D eigenvalue weighted by molar-refractivity contribution is 5.89. The van der Waals surface area contributed by atoms with Crippen LogP contribution in [0.25, 0.3) is 34.4 Å². The van der Waals surface area contributed by atoms with Crippen molar-refractivity contribution < 1.29 is 63.6 Å². The van der Waals surface area contributed by atoms with E-state index in [0.29, 0.717) is 11.1 Å². The molecule has 272 valence electrons. The van der Waals surface area contributed by atoms with Crippen LogP contribution in [-0.2, 0) is 23.8 Å². The van der Waals surface area contributed by atoms with Gasteiger partial charge in [-0.05, 0) is 78.7 Å². The van der Waals surface area contributed by atoms with Gasteiger partial charge in [-0.15, -0.1) is 0 Å². The minimum atomic E-state index is -1.76. The van der Waals surface area contributed by atoms with Crippen molar-refractivity contribution in [3.8, 4) is 45.8 Å². The number of hydrogen-bond acceptors (Lipinski definition) is 14. The standard InChI is InChI=1S/C39H32O14/c1-20-33(47)36(51-30(45)16-6-21-2-10-24(40)11-3-21)38(52-31(46)17-7-22-4-12-25(41)13-5-22)39(49-20)53-37-34(48)32-28(44)18-27(43)19-29(32)50-35(37)23-8-14-26(42)15-9-23/h2-20,33,36,38-44,47H,1H3/b16-6-,17-7-/t20-,33-,36+,38+,39+/m1/s1. The van der Waals surface area contributed by atoms with Crippen LogP contribution in [0.5, 0.6) is 34.5 Å². The molecule has 1 aromatic heterocycles. The maximum Gasteiger partial charge on any atom is 0.331 e. The lowest BCUT2D eigenvalue weighted by atomic mass is 9.99. The third-order valence-electron chi connectivity index (χ3n) is 8.15. The number of aromatic hydroxyl groups is 5. The minimum Gasteiger partial charge on any atom is -0.508 e. The van der Waals surface area contributed by atoms with E-state index < -0.39 is 65.3 Å². The molecule has 6 N–H and O–H groups in total. The molecule has 2 heterocycles. The fraction of sp³-hybridized carbons (Fsp3) is 0.154. The Kier molecular flexibility index (Phi) is 10.4. The van der Waals surface area contributed by atoms with Gasteiger partial charge in [0.1, 0.15) is 45.8 Å². The topological polar surface area (TPSA) is 223 Å². The van der Waals surface area contributed by atoms with E-state index in [1.54, 1.807) is 12.1 Å². The number of benzene rings is 4. The molecule has 53 heavy (non-hydrogen) atoms. The summed E-state index contributed by atoms with van der Waals surface area (Å²) in [6.45, 7) is 1.43. The number of carbonyl (C=O) groups excluding carboxylic acids is 2. The lowest BCUT2D eigenvalue weighted by molar-refractivity contribution is -0.276. The number of ether oxygens (including phenoxy) is 4. The van der Waals surface area contributed by atoms with Gasteiger partial charge in [0.25, 0.3) is 0 Å². The molecule has 0 spiro atoms. The smallest absolute Gasteiger partial charge is 0.331 e. The average molecular weight is 725 g/mol. The van der Waals surface area contributed by atoms with Gasteiger partial charge in [-0.3, -0.25) is 4.79 Å². The summed E-state index contributed by atoms with van der Waals surface area (Å²) < 4.78 is 29.3. The van der Waals surface area contributed by atoms with E-state index >= 15 is 0 Å². The zero-order valence-electron chi connectivity index (χ0n) is 27.7. The molecular formula is C39H32O14. The van der Waals surface area contributed by atoms with Crippen LogP contribution < -0.4 is 10.2 Å². The molecule has 0 aliphatic carbocycles. The lowest BCUT2D eigenvalue weighted by Crippen LogP contribution is -2.61. The van der Waals surface area contributed by atoms with Gasteiger partial charge < -0.3 is 54.0 Å². The Labute approximate surface area is 300 Å². The average Bonchev–Trinajstić information content (AvgIpc) is 3.12. The molecule has 14 nitrogen and oxygen atoms in total. The molecule has 0 radical (unpaired) electrons. The van der Waals surface area contributed by atoms with Crippen molar-refractivity contribution in [2.75, 3.05) is 0 Å². The number of fused-ring (bicyclic) bond motifs is 1. The second-order valence-corrected chi connectivity index (χ2v) is 11.9. The SMILES string of the molecule is C[C@H]1O[C@@H](Oc2c(-c3ccc(O)cc3)oc3cc(O)cc(O)c3c2=O)[C@@H](OC(=O)/C=C\c2ccc(O)cc2)[C@@H](OC(=O)/C=C\c2ccc(O)cc2)[C@@H]1O. The number of esters is 2. The Hall–Kier alpha value is -6.77. The van der Waals surface area contributed by atoms with E-state index in [1.165, 1.54) is 79.7 Å². The van der Waals surface area contributed by atoms with E-state index in [0.717, 1.165) is 24.3 Å². The summed E-state index contributed by atoms with van der Waals surface area (Å²) in [7, 11) is 0. The van der Waals surface area contributed by atoms with Gasteiger partial charge in [-0.2, -0.15) is 0 Å². The number of aliphatic hydroxyl groups excluding tert-OH is 1. The Morgan fingerprint density at radius 1 is 0.698 bits per heavy atom. The van der Waals surface area contributed by atoms with Crippen molar-refractivity contribution in [2.24, 2.45) is 0 Å². The summed E-state index contributed by atoms with van der Waals surface area (Å²) in [5.74, 6) is -3.89. The first-order valence-electron chi connectivity index (χ1n) is 16.0. The zero-order valence-corrected chi connectivity index (χ0v) is 27.7. The Bertz CT molecular complexity index is 2240. The van der Waals surface area contributed by atoms with Crippen molar-refractivity contribution in [1.82, 2.24) is 0 Å². The van der Waals surface area contributed by atoms with Gasteiger partial charge in [0, 0.05) is 29.8 Å². The van der Waals surface area contributed by atoms with Crippen LogP contribution in [0.1, 0.15) is 18.1 Å². The van der Waals surface area contributed by atoms with Gasteiger partial charge >= 0.3 is 11.9 Å². The number of phenols is 5. The first-order valence-corrected chi connectivity index (χ1v) is 16.0. The van der Waals surface area contributed by atoms with E-state index in [9.17, 15) is 45.0 Å². The van der Waals surface area contributed by atoms with E-state index in [1.807, 2.05) is 0 Å². The Balaban J connectivity index is 1.40. The lowest BCUT2D eigenvalue weighted by Gasteiger charge is -2.41. The molecule has 0 bridgehead atoms. The highest BCUT2D eigenvalue weighted by atomic mass is 16.7. The van der Waals surface area contributed by atoms with Crippen LogP contribution in [0.2, 0.25) is 0 Å². The van der Waals surface area contributed by atoms with Gasteiger partial charge in [0.2, 0.25) is 23.6 Å². The number of aliphatic hydroxyl groups is 1. The molecule has 4 aromatic carbocycles. The van der Waals surface area contributed by atoms with E-state index in [2.05, 4.69) is 0 Å². The normalized spacial score (nSPS) is 20.1. The fourth-order valence-corrected chi connectivity index (χ4v) is 5.48. The van der Waals surface area contributed by atoms with Crippen LogP contribution in [0, 0.1) is 0 Å². The first kappa shape index (κ1) is 36.0. The number of hydrogen-bond donors (Lipinski definition) is 6. The third kappa shape index (κ3) is 8.25. The molecule has 1 saturated heterocycles. The van der Waals surface area contributed by atoms with Crippen LogP contribution in [-0.4, -0.2) is 73.3 Å². The minimum absolute atomic E-state index is 0.00579. The fourth-order valence-electron chi connectivity index (χ4n) is 5.48. The monoisotopic (exact) mass is 724 g/mol. The van der Waals surface area contributed by atoms with Crippen molar-refractivity contribution >= 4 is 35.1 Å². The molecule has 14 heteroatoms. The van der Waals surface area contributed by atoms with Gasteiger partial charge in [0.15, 0.2) is 11.9 Å². The molecular weight excluding hydrogens is 692 g/mol.